The number of hydrogen-bond acceptors (Lipinski definition) is 3. The number of esters is 1. The summed E-state index contributed by atoms with van der Waals surface area (Å²) in [5, 5.41) is 7.06. The monoisotopic (exact) mass is 320 g/mol. The van der Waals surface area contributed by atoms with Gasteiger partial charge < -0.3 is 15.4 Å². The molecule has 1 aromatic rings. The van der Waals surface area contributed by atoms with Crippen molar-refractivity contribution < 1.29 is 9.53 Å². The zero-order valence-electron chi connectivity index (χ0n) is 10.3. The van der Waals surface area contributed by atoms with Gasteiger partial charge in [0.2, 0.25) is 0 Å². The van der Waals surface area contributed by atoms with E-state index in [4.69, 9.17) is 40.2 Å². The first-order chi connectivity index (χ1) is 9.04. The molecule has 7 heteroatoms. The van der Waals surface area contributed by atoms with Crippen molar-refractivity contribution in [3.63, 3.8) is 0 Å². The van der Waals surface area contributed by atoms with Crippen molar-refractivity contribution in [2.75, 3.05) is 18.5 Å². The van der Waals surface area contributed by atoms with Crippen LogP contribution in [0.5, 0.6) is 0 Å². The van der Waals surface area contributed by atoms with E-state index in [0.29, 0.717) is 34.0 Å². The molecule has 0 atom stereocenters. The molecule has 0 aliphatic rings. The van der Waals surface area contributed by atoms with Gasteiger partial charge in [0.15, 0.2) is 5.11 Å². The highest BCUT2D eigenvalue weighted by Gasteiger charge is 2.07. The minimum absolute atomic E-state index is 0.242. The summed E-state index contributed by atoms with van der Waals surface area (Å²) in [6, 6.07) is 5.15. The molecule has 1 rings (SSSR count). The Labute approximate surface area is 127 Å². The van der Waals surface area contributed by atoms with E-state index in [9.17, 15) is 4.79 Å². The minimum atomic E-state index is -0.270. The lowest BCUT2D eigenvalue weighted by Gasteiger charge is -2.12. The minimum Gasteiger partial charge on any atom is -0.466 e. The van der Waals surface area contributed by atoms with Crippen LogP contribution in [0.2, 0.25) is 10.0 Å². The smallest absolute Gasteiger partial charge is 0.307 e. The molecule has 2 N–H and O–H groups in total. The lowest BCUT2D eigenvalue weighted by molar-refractivity contribution is -0.142. The second-order valence-electron chi connectivity index (χ2n) is 3.53. The van der Waals surface area contributed by atoms with Crippen LogP contribution in [0.4, 0.5) is 5.69 Å². The zero-order chi connectivity index (χ0) is 14.3. The van der Waals surface area contributed by atoms with Gasteiger partial charge in [0.05, 0.1) is 28.8 Å². The van der Waals surface area contributed by atoms with Crippen molar-refractivity contribution in [3.05, 3.63) is 28.2 Å². The van der Waals surface area contributed by atoms with Crippen molar-refractivity contribution in [2.45, 2.75) is 13.3 Å². The molecule has 0 fully saturated rings. The largest absolute Gasteiger partial charge is 0.466 e. The topological polar surface area (TPSA) is 50.4 Å². The molecular formula is C12H14Cl2N2O2S. The van der Waals surface area contributed by atoms with Crippen molar-refractivity contribution in [2.24, 2.45) is 0 Å². The maximum Gasteiger partial charge on any atom is 0.307 e. The third kappa shape index (κ3) is 5.63. The summed E-state index contributed by atoms with van der Waals surface area (Å²) in [6.45, 7) is 2.51. The fourth-order valence-electron chi connectivity index (χ4n) is 1.29. The van der Waals surface area contributed by atoms with E-state index < -0.39 is 0 Å². The average Bonchev–Trinajstić information content (AvgIpc) is 2.34. The summed E-state index contributed by atoms with van der Waals surface area (Å²) in [4.78, 5) is 11.1. The van der Waals surface area contributed by atoms with Crippen LogP contribution in [0.3, 0.4) is 0 Å². The normalized spacial score (nSPS) is 9.84. The fourth-order valence-corrected chi connectivity index (χ4v) is 1.98. The van der Waals surface area contributed by atoms with Crippen LogP contribution >= 0.6 is 35.4 Å². The van der Waals surface area contributed by atoms with E-state index >= 15 is 0 Å². The zero-order valence-corrected chi connectivity index (χ0v) is 12.7. The number of benzene rings is 1. The lowest BCUT2D eigenvalue weighted by Crippen LogP contribution is -2.30. The number of ether oxygens (including phenoxy) is 1. The van der Waals surface area contributed by atoms with Crippen LogP contribution in [-0.2, 0) is 9.53 Å². The van der Waals surface area contributed by atoms with E-state index in [2.05, 4.69) is 10.6 Å². The van der Waals surface area contributed by atoms with Gasteiger partial charge in [-0.05, 0) is 31.3 Å². The molecule has 4 nitrogen and oxygen atoms in total. The first-order valence-electron chi connectivity index (χ1n) is 5.69. The van der Waals surface area contributed by atoms with Crippen LogP contribution in [0.15, 0.2) is 18.2 Å². The van der Waals surface area contributed by atoms with Crippen LogP contribution in [0.1, 0.15) is 13.3 Å². The molecule has 104 valence electrons. The third-order valence-corrected chi connectivity index (χ3v) is 3.00. The van der Waals surface area contributed by atoms with Crippen LogP contribution in [-0.4, -0.2) is 24.2 Å². The number of carbonyl (C=O) groups is 1. The first-order valence-corrected chi connectivity index (χ1v) is 6.85. The molecule has 0 bridgehead atoms. The SMILES string of the molecule is CCOC(=O)CCNC(=S)Nc1c(Cl)cccc1Cl. The molecule has 0 aliphatic carbocycles. The van der Waals surface area contributed by atoms with Crippen LogP contribution < -0.4 is 10.6 Å². The van der Waals surface area contributed by atoms with Gasteiger partial charge in [0.25, 0.3) is 0 Å². The Morgan fingerprint density at radius 1 is 1.37 bits per heavy atom. The Balaban J connectivity index is 2.41. The number of hydrogen-bond donors (Lipinski definition) is 2. The molecule has 0 saturated heterocycles. The molecule has 0 saturated carbocycles. The van der Waals surface area contributed by atoms with Crippen molar-refractivity contribution in [1.82, 2.24) is 5.32 Å². The van der Waals surface area contributed by atoms with Crippen molar-refractivity contribution >= 4 is 52.2 Å². The third-order valence-electron chi connectivity index (χ3n) is 2.12. The van der Waals surface area contributed by atoms with Gasteiger partial charge in [-0.1, -0.05) is 29.3 Å². The molecule has 0 radical (unpaired) electrons. The van der Waals surface area contributed by atoms with Crippen molar-refractivity contribution in [3.8, 4) is 0 Å². The molecule has 1 aromatic carbocycles. The average molecular weight is 321 g/mol. The number of nitrogens with one attached hydrogen (secondary N) is 2. The molecule has 0 amide bonds. The number of thiocarbonyl (C=S) groups is 1. The molecule has 0 unspecified atom stereocenters. The molecule has 0 aromatic heterocycles. The number of carbonyl (C=O) groups excluding carboxylic acids is 1. The van der Waals surface area contributed by atoms with Crippen LogP contribution in [0, 0.1) is 0 Å². The van der Waals surface area contributed by atoms with E-state index in [-0.39, 0.29) is 12.4 Å². The second kappa shape index (κ2) is 8.19. The van der Waals surface area contributed by atoms with Crippen LogP contribution in [0.25, 0.3) is 0 Å². The summed E-state index contributed by atoms with van der Waals surface area (Å²) in [7, 11) is 0. The lowest BCUT2D eigenvalue weighted by atomic mass is 10.3. The van der Waals surface area contributed by atoms with E-state index in [1.54, 1.807) is 25.1 Å². The predicted molar refractivity (Wildman–Crippen MR) is 81.9 cm³/mol. The van der Waals surface area contributed by atoms with Gasteiger partial charge in [-0.25, -0.2) is 0 Å². The van der Waals surface area contributed by atoms with Gasteiger partial charge in [-0.3, -0.25) is 4.79 Å². The summed E-state index contributed by atoms with van der Waals surface area (Å²) in [6.07, 6.45) is 0.242. The summed E-state index contributed by atoms with van der Waals surface area (Å²) in [5.74, 6) is -0.270. The van der Waals surface area contributed by atoms with Gasteiger partial charge in [-0.2, -0.15) is 0 Å². The number of para-hydroxylation sites is 1. The molecule has 0 heterocycles. The van der Waals surface area contributed by atoms with Gasteiger partial charge in [-0.15, -0.1) is 0 Å². The second-order valence-corrected chi connectivity index (χ2v) is 4.76. The predicted octanol–water partition coefficient (Wildman–Crippen LogP) is 3.23. The van der Waals surface area contributed by atoms with Gasteiger partial charge in [0, 0.05) is 6.54 Å². The summed E-state index contributed by atoms with van der Waals surface area (Å²) >= 11 is 17.1. The quantitative estimate of drug-likeness (QED) is 0.644. The number of rotatable bonds is 5. The maximum atomic E-state index is 11.1. The Bertz CT molecular complexity index is 449. The molecule has 0 spiro atoms. The van der Waals surface area contributed by atoms with Gasteiger partial charge >= 0.3 is 5.97 Å². The number of halogens is 2. The molecular weight excluding hydrogens is 307 g/mol. The van der Waals surface area contributed by atoms with Crippen molar-refractivity contribution in [1.29, 1.82) is 0 Å². The molecule has 0 aliphatic heterocycles. The van der Waals surface area contributed by atoms with Gasteiger partial charge in [0.1, 0.15) is 0 Å². The van der Waals surface area contributed by atoms with E-state index in [1.165, 1.54) is 0 Å². The Hall–Kier alpha value is -1.04. The summed E-state index contributed by atoms with van der Waals surface area (Å²) in [5.41, 5.74) is 0.541. The highest BCUT2D eigenvalue weighted by molar-refractivity contribution is 7.80. The Morgan fingerprint density at radius 3 is 2.58 bits per heavy atom. The Kier molecular flexibility index (Phi) is 6.91. The van der Waals surface area contributed by atoms with E-state index in [0.717, 1.165) is 0 Å². The van der Waals surface area contributed by atoms with E-state index in [1.807, 2.05) is 0 Å². The number of anilines is 1. The summed E-state index contributed by atoms with van der Waals surface area (Å²) < 4.78 is 4.80. The molecule has 19 heavy (non-hydrogen) atoms. The fraction of sp³-hybridized carbons (Fsp3) is 0.333. The first kappa shape index (κ1) is 16.0. The highest BCUT2D eigenvalue weighted by atomic mass is 35.5. The standard InChI is InChI=1S/C12H14Cl2N2O2S/c1-2-18-10(17)6-7-15-12(19)16-11-8(13)4-3-5-9(11)14/h3-5H,2,6-7H2,1H3,(H2,15,16,19). The highest BCUT2D eigenvalue weighted by Crippen LogP contribution is 2.29. The maximum absolute atomic E-state index is 11.1. The Morgan fingerprint density at radius 2 is 2.00 bits per heavy atom.